The average molecular weight is 452 g/mol. The van der Waals surface area contributed by atoms with E-state index in [4.69, 9.17) is 15.7 Å². The predicted molar refractivity (Wildman–Crippen MR) is 110 cm³/mol. The van der Waals surface area contributed by atoms with Gasteiger partial charge in [0.1, 0.15) is 0 Å². The number of hydrogen-bond donors (Lipinski definition) is 1. The lowest BCUT2D eigenvalue weighted by Crippen LogP contribution is -2.40. The van der Waals surface area contributed by atoms with Crippen molar-refractivity contribution in [1.82, 2.24) is 4.90 Å². The topological polar surface area (TPSA) is 99.7 Å². The van der Waals surface area contributed by atoms with Crippen molar-refractivity contribution in [3.05, 3.63) is 29.3 Å². The normalized spacial score (nSPS) is 22.1. The molecule has 2 amide bonds. The number of ether oxygens (including phenoxy) is 1. The maximum absolute atomic E-state index is 13.3. The number of piperidine rings is 1. The molecular weight excluding hydrogens is 425 g/mol. The Morgan fingerprint density at radius 3 is 2.50 bits per heavy atom. The fourth-order valence-electron chi connectivity index (χ4n) is 4.81. The zero-order valence-electron chi connectivity index (χ0n) is 17.9. The number of rotatable bonds is 6. The molecule has 2 heterocycles. The van der Waals surface area contributed by atoms with Crippen LogP contribution in [0.5, 0.6) is 0 Å². The lowest BCUT2D eigenvalue weighted by atomic mass is 9.78. The van der Waals surface area contributed by atoms with E-state index in [0.717, 1.165) is 6.07 Å². The fraction of sp³-hybridized carbons (Fsp3) is 0.591. The summed E-state index contributed by atoms with van der Waals surface area (Å²) in [5.41, 5.74) is 4.70. The molecule has 2 N–H and O–H groups in total. The number of anilines is 1. The van der Waals surface area contributed by atoms with Crippen LogP contribution in [0.3, 0.4) is 0 Å². The Labute approximate surface area is 184 Å². The van der Waals surface area contributed by atoms with Crippen molar-refractivity contribution in [3.8, 4) is 6.07 Å². The number of nitrogens with zero attached hydrogens (tertiary/aromatic N) is 3. The quantitative estimate of drug-likeness (QED) is 0.715. The Morgan fingerprint density at radius 2 is 1.94 bits per heavy atom. The van der Waals surface area contributed by atoms with Crippen molar-refractivity contribution in [2.24, 2.45) is 23.5 Å². The summed E-state index contributed by atoms with van der Waals surface area (Å²) in [4.78, 5) is 27.9. The number of nitrogens with two attached hydrogens (primary N) is 1. The number of primary amides is 1. The van der Waals surface area contributed by atoms with E-state index in [0.29, 0.717) is 51.3 Å². The zero-order valence-corrected chi connectivity index (χ0v) is 17.9. The second-order valence-corrected chi connectivity index (χ2v) is 8.38. The second-order valence-electron chi connectivity index (χ2n) is 8.38. The number of benzene rings is 1. The largest absolute Gasteiger partial charge is 0.417 e. The number of hydrogen-bond acceptors (Lipinski definition) is 5. The Hall–Kier alpha value is -2.80. The van der Waals surface area contributed by atoms with Gasteiger partial charge in [-0.25, -0.2) is 0 Å². The van der Waals surface area contributed by atoms with Crippen LogP contribution in [-0.2, 0) is 20.5 Å². The summed E-state index contributed by atoms with van der Waals surface area (Å²) in [6.07, 6.45) is -3.00. The van der Waals surface area contributed by atoms with Crippen molar-refractivity contribution in [1.29, 1.82) is 5.26 Å². The van der Waals surface area contributed by atoms with Crippen LogP contribution < -0.4 is 10.6 Å². The maximum Gasteiger partial charge on any atom is 0.417 e. The van der Waals surface area contributed by atoms with Crippen LogP contribution in [0.4, 0.5) is 18.9 Å². The van der Waals surface area contributed by atoms with Crippen molar-refractivity contribution < 1.29 is 27.5 Å². The molecule has 0 aromatic heterocycles. The predicted octanol–water partition coefficient (Wildman–Crippen LogP) is 2.39. The van der Waals surface area contributed by atoms with E-state index in [-0.39, 0.29) is 24.2 Å². The molecule has 2 atom stereocenters. The smallest absolute Gasteiger partial charge is 0.384 e. The molecule has 7 nitrogen and oxygen atoms in total. The second kappa shape index (κ2) is 9.77. The Bertz CT molecular complexity index is 891. The first-order chi connectivity index (χ1) is 15.2. The third kappa shape index (κ3) is 5.15. The summed E-state index contributed by atoms with van der Waals surface area (Å²) in [5, 5.41) is 8.98. The monoisotopic (exact) mass is 452 g/mol. The van der Waals surface area contributed by atoms with E-state index in [1.54, 1.807) is 11.0 Å². The van der Waals surface area contributed by atoms with Crippen LogP contribution in [0, 0.1) is 29.1 Å². The molecule has 0 bridgehead atoms. The third-order valence-electron chi connectivity index (χ3n) is 6.54. The molecule has 174 valence electrons. The maximum atomic E-state index is 13.3. The molecule has 2 saturated heterocycles. The molecule has 2 aliphatic heterocycles. The summed E-state index contributed by atoms with van der Waals surface area (Å²) in [6.45, 7) is 2.11. The minimum Gasteiger partial charge on any atom is -0.384 e. The first-order valence-corrected chi connectivity index (χ1v) is 10.6. The van der Waals surface area contributed by atoms with E-state index >= 15 is 0 Å². The number of alkyl halides is 3. The molecule has 10 heteroatoms. The van der Waals surface area contributed by atoms with Crippen molar-refractivity contribution in [2.75, 3.05) is 44.8 Å². The highest BCUT2D eigenvalue weighted by Crippen LogP contribution is 2.38. The highest BCUT2D eigenvalue weighted by atomic mass is 19.4. The molecule has 2 fully saturated rings. The van der Waals surface area contributed by atoms with Crippen LogP contribution in [0.1, 0.15) is 30.4 Å². The molecule has 0 unspecified atom stereocenters. The Balaban J connectivity index is 1.68. The highest BCUT2D eigenvalue weighted by molar-refractivity contribution is 5.81. The Kier molecular flexibility index (Phi) is 7.29. The summed E-state index contributed by atoms with van der Waals surface area (Å²) < 4.78 is 44.8. The highest BCUT2D eigenvalue weighted by Gasteiger charge is 2.43. The fourth-order valence-corrected chi connectivity index (χ4v) is 4.81. The van der Waals surface area contributed by atoms with Gasteiger partial charge in [-0.3, -0.25) is 9.59 Å². The molecule has 2 aliphatic rings. The molecule has 3 rings (SSSR count). The molecule has 0 radical (unpaired) electrons. The van der Waals surface area contributed by atoms with E-state index in [9.17, 15) is 22.8 Å². The van der Waals surface area contributed by atoms with E-state index < -0.39 is 29.1 Å². The molecule has 1 aromatic carbocycles. The molecule has 1 aromatic rings. The van der Waals surface area contributed by atoms with E-state index in [1.165, 1.54) is 19.2 Å². The lowest BCUT2D eigenvalue weighted by Gasteiger charge is -2.37. The van der Waals surface area contributed by atoms with Gasteiger partial charge in [-0.05, 0) is 42.9 Å². The molecule has 32 heavy (non-hydrogen) atoms. The van der Waals surface area contributed by atoms with Gasteiger partial charge in [-0.2, -0.15) is 18.4 Å². The Morgan fingerprint density at radius 1 is 1.25 bits per heavy atom. The molecule has 0 spiro atoms. The summed E-state index contributed by atoms with van der Waals surface area (Å²) in [7, 11) is 1.52. The third-order valence-corrected chi connectivity index (χ3v) is 6.54. The van der Waals surface area contributed by atoms with Gasteiger partial charge in [0.25, 0.3) is 0 Å². The van der Waals surface area contributed by atoms with Gasteiger partial charge in [0.15, 0.2) is 0 Å². The van der Waals surface area contributed by atoms with Crippen molar-refractivity contribution >= 4 is 17.5 Å². The van der Waals surface area contributed by atoms with Gasteiger partial charge < -0.3 is 20.3 Å². The van der Waals surface area contributed by atoms with Crippen LogP contribution in [-0.4, -0.2) is 56.6 Å². The molecule has 0 aliphatic carbocycles. The van der Waals surface area contributed by atoms with Gasteiger partial charge in [0.2, 0.25) is 11.8 Å². The number of methoxy groups -OCH3 is 1. The molecular formula is C22H27F3N4O3. The number of halogens is 3. The number of amides is 2. The number of likely N-dealkylation sites (tertiary alicyclic amines) is 1. The van der Waals surface area contributed by atoms with E-state index in [2.05, 4.69) is 0 Å². The van der Waals surface area contributed by atoms with Crippen LogP contribution in [0.2, 0.25) is 0 Å². The summed E-state index contributed by atoms with van der Waals surface area (Å²) in [5.74, 6) is -0.848. The van der Waals surface area contributed by atoms with Gasteiger partial charge in [0.05, 0.1) is 36.1 Å². The number of carbonyl (C=O) groups is 2. The number of nitriles is 1. The first kappa shape index (κ1) is 23.9. The van der Waals surface area contributed by atoms with Crippen LogP contribution >= 0.6 is 0 Å². The standard InChI is InChI=1S/C22H27F3N4O3/c1-32-9-6-20(30)29-12-17(18(13-29)21(27)31)14-4-7-28(8-5-14)16-3-2-15(11-26)19(10-16)22(23,24)25/h2-3,10,14,17-18H,4-9,12-13H2,1H3,(H2,27,31)/t17-,18+/m0/s1. The molecule has 0 saturated carbocycles. The minimum absolute atomic E-state index is 0.0622. The van der Waals surface area contributed by atoms with Crippen molar-refractivity contribution in [2.45, 2.75) is 25.4 Å². The average Bonchev–Trinajstić information content (AvgIpc) is 3.22. The lowest BCUT2D eigenvalue weighted by molar-refractivity contribution is -0.137. The van der Waals surface area contributed by atoms with Gasteiger partial charge in [-0.15, -0.1) is 0 Å². The minimum atomic E-state index is -4.60. The SMILES string of the molecule is COCCC(=O)N1C[C@@H](C(N)=O)[C@H](C2CCN(c3ccc(C#N)c(C(F)(F)F)c3)CC2)C1. The first-order valence-electron chi connectivity index (χ1n) is 10.6. The van der Waals surface area contributed by atoms with Crippen LogP contribution in [0.25, 0.3) is 0 Å². The summed E-state index contributed by atoms with van der Waals surface area (Å²) in [6, 6.07) is 5.36. The van der Waals surface area contributed by atoms with Gasteiger partial charge in [0, 0.05) is 39.0 Å². The zero-order chi connectivity index (χ0) is 23.5. The van der Waals surface area contributed by atoms with Crippen molar-refractivity contribution in [3.63, 3.8) is 0 Å². The van der Waals surface area contributed by atoms with E-state index in [1.807, 2.05) is 4.90 Å². The van der Waals surface area contributed by atoms with Gasteiger partial charge in [-0.1, -0.05) is 0 Å². The van der Waals surface area contributed by atoms with Gasteiger partial charge >= 0.3 is 6.18 Å². The summed E-state index contributed by atoms with van der Waals surface area (Å²) >= 11 is 0. The number of carbonyl (C=O) groups excluding carboxylic acids is 2. The van der Waals surface area contributed by atoms with Crippen LogP contribution in [0.15, 0.2) is 18.2 Å².